The number of carbonyl (C=O) groups excluding carboxylic acids is 2. The summed E-state index contributed by atoms with van der Waals surface area (Å²) >= 11 is 11.5. The van der Waals surface area contributed by atoms with Crippen LogP contribution in [-0.2, 0) is 4.74 Å². The topological polar surface area (TPSA) is 114 Å². The van der Waals surface area contributed by atoms with Crippen LogP contribution in [0, 0.1) is 10.1 Å². The molecule has 0 spiro atoms. The fourth-order valence-corrected chi connectivity index (χ4v) is 4.16. The minimum absolute atomic E-state index is 0.0798. The van der Waals surface area contributed by atoms with Crippen LogP contribution in [0.3, 0.4) is 0 Å². The quantitative estimate of drug-likeness (QED) is 0.210. The van der Waals surface area contributed by atoms with Gasteiger partial charge in [0.05, 0.1) is 35.1 Å². The molecule has 0 radical (unpaired) electrons. The Kier molecular flexibility index (Phi) is 7.89. The summed E-state index contributed by atoms with van der Waals surface area (Å²) in [4.78, 5) is 38.9. The third-order valence-corrected chi connectivity index (χ3v) is 5.96. The first kappa shape index (κ1) is 25.2. The average molecular weight is 525 g/mol. The molecule has 11 heteroatoms. The van der Waals surface area contributed by atoms with Crippen LogP contribution >= 0.6 is 23.8 Å². The van der Waals surface area contributed by atoms with Crippen molar-refractivity contribution in [2.24, 2.45) is 0 Å². The fourth-order valence-electron chi connectivity index (χ4n) is 3.78. The Balaban J connectivity index is 1.57. The smallest absolute Gasteiger partial charge is 0.270 e. The van der Waals surface area contributed by atoms with Crippen LogP contribution in [0.2, 0.25) is 5.02 Å². The molecule has 184 valence electrons. The van der Waals surface area contributed by atoms with Gasteiger partial charge < -0.3 is 15.0 Å². The molecule has 0 unspecified atom stereocenters. The van der Waals surface area contributed by atoms with Crippen molar-refractivity contribution in [1.29, 1.82) is 0 Å². The molecule has 1 heterocycles. The van der Waals surface area contributed by atoms with E-state index in [-0.39, 0.29) is 27.7 Å². The zero-order valence-corrected chi connectivity index (χ0v) is 20.5. The molecule has 36 heavy (non-hydrogen) atoms. The lowest BCUT2D eigenvalue weighted by Gasteiger charge is -2.30. The molecule has 1 saturated heterocycles. The third kappa shape index (κ3) is 5.85. The van der Waals surface area contributed by atoms with Crippen molar-refractivity contribution >= 4 is 57.7 Å². The van der Waals surface area contributed by atoms with Crippen LogP contribution in [-0.4, -0.2) is 48.0 Å². The number of ether oxygens (including phenoxy) is 1. The minimum atomic E-state index is -0.623. The van der Waals surface area contributed by atoms with Gasteiger partial charge in [0.25, 0.3) is 11.6 Å². The molecule has 0 aromatic heterocycles. The van der Waals surface area contributed by atoms with Gasteiger partial charge in [-0.25, -0.2) is 0 Å². The van der Waals surface area contributed by atoms with Gasteiger partial charge in [-0.2, -0.15) is 0 Å². The number of ketones is 1. The molecular formula is C25H21ClN4O5S. The van der Waals surface area contributed by atoms with E-state index < -0.39 is 10.8 Å². The van der Waals surface area contributed by atoms with Crippen molar-refractivity contribution < 1.29 is 19.2 Å². The lowest BCUT2D eigenvalue weighted by atomic mass is 10.0. The van der Waals surface area contributed by atoms with Gasteiger partial charge in [-0.1, -0.05) is 41.9 Å². The van der Waals surface area contributed by atoms with Crippen molar-refractivity contribution in [2.75, 3.05) is 36.5 Å². The summed E-state index contributed by atoms with van der Waals surface area (Å²) in [5.74, 6) is -0.898. The van der Waals surface area contributed by atoms with E-state index in [0.29, 0.717) is 48.3 Å². The highest BCUT2D eigenvalue weighted by atomic mass is 35.5. The van der Waals surface area contributed by atoms with Gasteiger partial charge in [-0.05, 0) is 36.5 Å². The molecule has 1 aliphatic heterocycles. The predicted octanol–water partition coefficient (Wildman–Crippen LogP) is 4.44. The first-order valence-electron chi connectivity index (χ1n) is 11.0. The Morgan fingerprint density at radius 1 is 1.00 bits per heavy atom. The Labute approximate surface area is 217 Å². The van der Waals surface area contributed by atoms with E-state index in [2.05, 4.69) is 10.6 Å². The van der Waals surface area contributed by atoms with Gasteiger partial charge in [0.1, 0.15) is 0 Å². The van der Waals surface area contributed by atoms with Crippen LogP contribution in [0.15, 0.2) is 66.7 Å². The van der Waals surface area contributed by atoms with Crippen molar-refractivity contribution in [3.05, 3.63) is 98.6 Å². The summed E-state index contributed by atoms with van der Waals surface area (Å²) in [5.41, 5.74) is 1.51. The van der Waals surface area contributed by atoms with E-state index in [1.165, 1.54) is 18.2 Å². The Morgan fingerprint density at radius 2 is 1.72 bits per heavy atom. The fraction of sp³-hybridized carbons (Fsp3) is 0.160. The van der Waals surface area contributed by atoms with Crippen LogP contribution in [0.1, 0.15) is 26.3 Å². The summed E-state index contributed by atoms with van der Waals surface area (Å²) in [6.07, 6.45) is 0. The normalized spacial score (nSPS) is 13.1. The van der Waals surface area contributed by atoms with Gasteiger partial charge >= 0.3 is 0 Å². The summed E-state index contributed by atoms with van der Waals surface area (Å²) in [6.45, 7) is 2.03. The number of halogens is 1. The van der Waals surface area contributed by atoms with E-state index in [9.17, 15) is 19.7 Å². The SMILES string of the molecule is O=C(c1ccccc1)c1cc(Cl)ccc1NC(=S)NC(=O)c1cc([N+](=O)[O-])ccc1N1CCOCC1. The minimum Gasteiger partial charge on any atom is -0.378 e. The van der Waals surface area contributed by atoms with Crippen LogP contribution in [0.5, 0.6) is 0 Å². The Bertz CT molecular complexity index is 1330. The molecule has 4 rings (SSSR count). The van der Waals surface area contributed by atoms with Crippen LogP contribution in [0.4, 0.5) is 17.1 Å². The molecule has 9 nitrogen and oxygen atoms in total. The van der Waals surface area contributed by atoms with E-state index in [1.807, 2.05) is 4.90 Å². The van der Waals surface area contributed by atoms with E-state index in [0.717, 1.165) is 0 Å². The second kappa shape index (κ2) is 11.3. The predicted molar refractivity (Wildman–Crippen MR) is 141 cm³/mol. The van der Waals surface area contributed by atoms with Gasteiger partial charge in [0.15, 0.2) is 10.9 Å². The Morgan fingerprint density at radius 3 is 2.42 bits per heavy atom. The summed E-state index contributed by atoms with van der Waals surface area (Å²) < 4.78 is 5.37. The molecule has 1 amide bonds. The first-order chi connectivity index (χ1) is 17.3. The van der Waals surface area contributed by atoms with Crippen molar-refractivity contribution in [3.8, 4) is 0 Å². The number of hydrogen-bond donors (Lipinski definition) is 2. The maximum atomic E-state index is 13.2. The zero-order valence-electron chi connectivity index (χ0n) is 18.9. The summed E-state index contributed by atoms with van der Waals surface area (Å²) in [5, 5.41) is 17.1. The number of amides is 1. The number of morpholine rings is 1. The number of rotatable bonds is 6. The van der Waals surface area contributed by atoms with Crippen molar-refractivity contribution in [1.82, 2.24) is 5.32 Å². The number of hydrogen-bond acceptors (Lipinski definition) is 7. The highest BCUT2D eigenvalue weighted by molar-refractivity contribution is 7.80. The third-order valence-electron chi connectivity index (χ3n) is 5.52. The second-order valence-corrected chi connectivity index (χ2v) is 8.70. The number of nitrogens with one attached hydrogen (secondary N) is 2. The largest absolute Gasteiger partial charge is 0.378 e. The molecule has 0 atom stereocenters. The number of nitro groups is 1. The standard InChI is InChI=1S/C25H21ClN4O5S/c26-17-6-8-21(19(14-17)23(31)16-4-2-1-3-5-16)27-25(36)28-24(32)20-15-18(30(33)34)7-9-22(20)29-10-12-35-13-11-29/h1-9,14-15H,10-13H2,(H2,27,28,32,36). The monoisotopic (exact) mass is 524 g/mol. The molecule has 1 fully saturated rings. The van der Waals surface area contributed by atoms with Crippen LogP contribution < -0.4 is 15.5 Å². The number of thiocarbonyl (C=S) groups is 1. The molecule has 2 N–H and O–H groups in total. The number of benzene rings is 3. The molecule has 0 saturated carbocycles. The summed E-state index contributed by atoms with van der Waals surface area (Å²) in [6, 6.07) is 17.5. The van der Waals surface area contributed by atoms with E-state index in [4.69, 9.17) is 28.6 Å². The van der Waals surface area contributed by atoms with E-state index >= 15 is 0 Å². The highest BCUT2D eigenvalue weighted by Crippen LogP contribution is 2.27. The average Bonchev–Trinajstić information content (AvgIpc) is 2.89. The highest BCUT2D eigenvalue weighted by Gasteiger charge is 2.23. The molecule has 3 aromatic carbocycles. The van der Waals surface area contributed by atoms with Crippen molar-refractivity contribution in [2.45, 2.75) is 0 Å². The molecular weight excluding hydrogens is 504 g/mol. The zero-order chi connectivity index (χ0) is 25.7. The number of nitrogens with zero attached hydrogens (tertiary/aromatic N) is 2. The maximum absolute atomic E-state index is 13.2. The number of non-ortho nitro benzene ring substituents is 1. The number of anilines is 2. The Hall–Kier alpha value is -3.86. The molecule has 0 aliphatic carbocycles. The first-order valence-corrected chi connectivity index (χ1v) is 11.7. The lowest BCUT2D eigenvalue weighted by Crippen LogP contribution is -2.39. The lowest BCUT2D eigenvalue weighted by molar-refractivity contribution is -0.384. The van der Waals surface area contributed by atoms with Gasteiger partial charge in [0.2, 0.25) is 0 Å². The van der Waals surface area contributed by atoms with Gasteiger partial charge in [-0.3, -0.25) is 25.0 Å². The summed E-state index contributed by atoms with van der Waals surface area (Å²) in [7, 11) is 0. The second-order valence-electron chi connectivity index (χ2n) is 7.85. The number of nitro benzene ring substituents is 1. The molecule has 1 aliphatic rings. The van der Waals surface area contributed by atoms with Crippen LogP contribution in [0.25, 0.3) is 0 Å². The molecule has 0 bridgehead atoms. The number of carbonyl (C=O) groups is 2. The molecule has 3 aromatic rings. The van der Waals surface area contributed by atoms with E-state index in [1.54, 1.807) is 48.5 Å². The van der Waals surface area contributed by atoms with Gasteiger partial charge in [0, 0.05) is 41.4 Å². The van der Waals surface area contributed by atoms with Gasteiger partial charge in [-0.15, -0.1) is 0 Å². The van der Waals surface area contributed by atoms with Crippen molar-refractivity contribution in [3.63, 3.8) is 0 Å². The maximum Gasteiger partial charge on any atom is 0.270 e.